The molecule has 0 aromatic heterocycles. The molecule has 1 rings (SSSR count). The van der Waals surface area contributed by atoms with E-state index in [4.69, 9.17) is 10.5 Å². The van der Waals surface area contributed by atoms with Gasteiger partial charge in [0.2, 0.25) is 5.91 Å². The molecule has 0 bridgehead atoms. The highest BCUT2D eigenvalue weighted by Gasteiger charge is 2.38. The van der Waals surface area contributed by atoms with E-state index in [9.17, 15) is 9.59 Å². The number of carbonyl (C=O) groups is 2. The Hall–Kier alpha value is -1.30. The summed E-state index contributed by atoms with van der Waals surface area (Å²) in [7, 11) is 0. The quantitative estimate of drug-likeness (QED) is 0.384. The van der Waals surface area contributed by atoms with E-state index in [1.165, 1.54) is 64.2 Å². The van der Waals surface area contributed by atoms with Gasteiger partial charge in [-0.3, -0.25) is 4.79 Å². The van der Waals surface area contributed by atoms with Gasteiger partial charge in [0.15, 0.2) is 0 Å². The van der Waals surface area contributed by atoms with Gasteiger partial charge in [-0.15, -0.1) is 0 Å². The zero-order chi connectivity index (χ0) is 22.4. The standard InChI is InChI=1S/C24H47N3O3/c1-5-6-7-8-9-10-11-12-13-14-15-16-17-26-22(28)20-18-27(19-21(20)25)23(29)30-24(2,3)4/h20-21H,5-19,25H2,1-4H3,(H,26,28)/t20-,21-/m1/s1. The number of unbranched alkanes of at least 4 members (excludes halogenated alkanes) is 11. The second-order valence-electron chi connectivity index (χ2n) is 9.84. The Balaban J connectivity index is 2.04. The van der Waals surface area contributed by atoms with E-state index in [1.54, 1.807) is 4.90 Å². The fourth-order valence-corrected chi connectivity index (χ4v) is 3.89. The average Bonchev–Trinajstić information content (AvgIpc) is 3.06. The minimum absolute atomic E-state index is 0.0448. The van der Waals surface area contributed by atoms with Crippen LogP contribution in [0.2, 0.25) is 0 Å². The van der Waals surface area contributed by atoms with Crippen molar-refractivity contribution in [3.05, 3.63) is 0 Å². The lowest BCUT2D eigenvalue weighted by molar-refractivity contribution is -0.124. The third-order valence-corrected chi connectivity index (χ3v) is 5.68. The van der Waals surface area contributed by atoms with Crippen molar-refractivity contribution in [1.82, 2.24) is 10.2 Å². The molecule has 6 nitrogen and oxygen atoms in total. The molecule has 0 aromatic carbocycles. The number of rotatable bonds is 14. The highest BCUT2D eigenvalue weighted by atomic mass is 16.6. The number of hydrogen-bond donors (Lipinski definition) is 2. The van der Waals surface area contributed by atoms with Gasteiger partial charge >= 0.3 is 6.09 Å². The van der Waals surface area contributed by atoms with Gasteiger partial charge in [0.05, 0.1) is 5.92 Å². The number of ether oxygens (including phenoxy) is 1. The molecule has 6 heteroatoms. The third-order valence-electron chi connectivity index (χ3n) is 5.68. The van der Waals surface area contributed by atoms with Crippen LogP contribution in [-0.2, 0) is 9.53 Å². The molecule has 3 N–H and O–H groups in total. The van der Waals surface area contributed by atoms with E-state index in [-0.39, 0.29) is 17.9 Å². The van der Waals surface area contributed by atoms with Crippen molar-refractivity contribution in [1.29, 1.82) is 0 Å². The number of hydrogen-bond acceptors (Lipinski definition) is 4. The maximum Gasteiger partial charge on any atom is 0.410 e. The van der Waals surface area contributed by atoms with Gasteiger partial charge in [0.1, 0.15) is 5.60 Å². The summed E-state index contributed by atoms with van der Waals surface area (Å²) >= 11 is 0. The van der Waals surface area contributed by atoms with Crippen LogP contribution in [0.15, 0.2) is 0 Å². The minimum Gasteiger partial charge on any atom is -0.444 e. The first-order valence-electron chi connectivity index (χ1n) is 12.3. The van der Waals surface area contributed by atoms with E-state index >= 15 is 0 Å². The Bertz CT molecular complexity index is 491. The molecule has 0 radical (unpaired) electrons. The lowest BCUT2D eigenvalue weighted by Crippen LogP contribution is -2.41. The molecule has 2 amide bonds. The molecule has 1 saturated heterocycles. The van der Waals surface area contributed by atoms with Crippen molar-refractivity contribution >= 4 is 12.0 Å². The van der Waals surface area contributed by atoms with Gasteiger partial charge in [-0.2, -0.15) is 0 Å². The molecule has 0 spiro atoms. The van der Waals surface area contributed by atoms with Crippen molar-refractivity contribution in [3.8, 4) is 0 Å². The van der Waals surface area contributed by atoms with Gasteiger partial charge < -0.3 is 20.7 Å². The van der Waals surface area contributed by atoms with Gasteiger partial charge in [-0.1, -0.05) is 77.6 Å². The van der Waals surface area contributed by atoms with Crippen LogP contribution in [-0.4, -0.2) is 48.2 Å². The van der Waals surface area contributed by atoms with Crippen LogP contribution in [0, 0.1) is 5.92 Å². The Kier molecular flexibility index (Phi) is 13.1. The predicted octanol–water partition coefficient (Wildman–Crippen LogP) is 5.00. The Morgan fingerprint density at radius 2 is 1.40 bits per heavy atom. The Morgan fingerprint density at radius 3 is 1.90 bits per heavy atom. The largest absolute Gasteiger partial charge is 0.444 e. The monoisotopic (exact) mass is 425 g/mol. The van der Waals surface area contributed by atoms with Gasteiger partial charge in [-0.25, -0.2) is 4.79 Å². The molecule has 0 aliphatic carbocycles. The SMILES string of the molecule is CCCCCCCCCCCCCCNC(=O)[C@@H]1CN(C(=O)OC(C)(C)C)C[C@H]1N. The lowest BCUT2D eigenvalue weighted by atomic mass is 10.0. The van der Waals surface area contributed by atoms with Crippen LogP contribution < -0.4 is 11.1 Å². The fraction of sp³-hybridized carbons (Fsp3) is 0.917. The third kappa shape index (κ3) is 11.8. The lowest BCUT2D eigenvalue weighted by Gasteiger charge is -2.24. The van der Waals surface area contributed by atoms with Crippen LogP contribution in [0.3, 0.4) is 0 Å². The highest BCUT2D eigenvalue weighted by molar-refractivity contribution is 5.81. The van der Waals surface area contributed by atoms with Crippen molar-refractivity contribution in [2.75, 3.05) is 19.6 Å². The van der Waals surface area contributed by atoms with E-state index < -0.39 is 11.7 Å². The van der Waals surface area contributed by atoms with Gasteiger partial charge in [0, 0.05) is 25.7 Å². The summed E-state index contributed by atoms with van der Waals surface area (Å²) in [4.78, 5) is 26.2. The molecule has 1 fully saturated rings. The first-order valence-corrected chi connectivity index (χ1v) is 12.3. The number of amides is 2. The zero-order valence-electron chi connectivity index (χ0n) is 20.0. The highest BCUT2D eigenvalue weighted by Crippen LogP contribution is 2.19. The fourth-order valence-electron chi connectivity index (χ4n) is 3.89. The molecule has 0 unspecified atom stereocenters. The Labute approximate surface area is 184 Å². The average molecular weight is 426 g/mol. The van der Waals surface area contributed by atoms with E-state index in [0.29, 0.717) is 19.6 Å². The van der Waals surface area contributed by atoms with Crippen molar-refractivity contribution in [2.45, 2.75) is 116 Å². The molecule has 176 valence electrons. The zero-order valence-corrected chi connectivity index (χ0v) is 20.0. The topological polar surface area (TPSA) is 84.7 Å². The predicted molar refractivity (Wildman–Crippen MR) is 123 cm³/mol. The van der Waals surface area contributed by atoms with Gasteiger partial charge in [0.25, 0.3) is 0 Å². The second-order valence-corrected chi connectivity index (χ2v) is 9.84. The first kappa shape index (κ1) is 26.7. The van der Waals surface area contributed by atoms with E-state index in [2.05, 4.69) is 12.2 Å². The maximum atomic E-state index is 12.4. The molecule has 0 saturated carbocycles. The van der Waals surface area contributed by atoms with Crippen LogP contribution >= 0.6 is 0 Å². The summed E-state index contributed by atoms with van der Waals surface area (Å²) in [5.74, 6) is -0.397. The number of carbonyl (C=O) groups excluding carboxylic acids is 2. The van der Waals surface area contributed by atoms with Crippen LogP contribution in [0.4, 0.5) is 4.79 Å². The summed E-state index contributed by atoms with van der Waals surface area (Å²) < 4.78 is 5.38. The number of nitrogens with two attached hydrogens (primary N) is 1. The van der Waals surface area contributed by atoms with Gasteiger partial charge in [-0.05, 0) is 27.2 Å². The second kappa shape index (κ2) is 14.7. The Morgan fingerprint density at radius 1 is 0.900 bits per heavy atom. The summed E-state index contributed by atoms with van der Waals surface area (Å²) in [6.45, 7) is 9.15. The normalized spacial score (nSPS) is 19.2. The smallest absolute Gasteiger partial charge is 0.410 e. The summed E-state index contributed by atoms with van der Waals surface area (Å²) in [5, 5.41) is 3.00. The number of nitrogens with zero attached hydrogens (tertiary/aromatic N) is 1. The molecule has 1 aliphatic rings. The van der Waals surface area contributed by atoms with Crippen molar-refractivity contribution < 1.29 is 14.3 Å². The molecule has 1 aliphatic heterocycles. The van der Waals surface area contributed by atoms with Crippen molar-refractivity contribution in [3.63, 3.8) is 0 Å². The molecular weight excluding hydrogens is 378 g/mol. The van der Waals surface area contributed by atoms with E-state index in [0.717, 1.165) is 12.8 Å². The summed E-state index contributed by atoms with van der Waals surface area (Å²) in [6.07, 6.45) is 15.2. The van der Waals surface area contributed by atoms with Crippen LogP contribution in [0.5, 0.6) is 0 Å². The molecule has 2 atom stereocenters. The van der Waals surface area contributed by atoms with Crippen LogP contribution in [0.25, 0.3) is 0 Å². The molecule has 0 aromatic rings. The van der Waals surface area contributed by atoms with E-state index in [1.807, 2.05) is 20.8 Å². The number of likely N-dealkylation sites (tertiary alicyclic amines) is 1. The minimum atomic E-state index is -0.545. The first-order chi connectivity index (χ1) is 14.2. The summed E-state index contributed by atoms with van der Waals surface area (Å²) in [5.41, 5.74) is 5.56. The van der Waals surface area contributed by atoms with Crippen LogP contribution in [0.1, 0.15) is 105 Å². The number of nitrogens with one attached hydrogen (secondary N) is 1. The van der Waals surface area contributed by atoms with Crippen molar-refractivity contribution in [2.24, 2.45) is 11.7 Å². The molecular formula is C24H47N3O3. The summed E-state index contributed by atoms with van der Waals surface area (Å²) in [6, 6.07) is -0.334. The maximum absolute atomic E-state index is 12.4. The molecule has 1 heterocycles. The molecule has 30 heavy (non-hydrogen) atoms.